The molecule has 2 aliphatic rings. The van der Waals surface area contributed by atoms with Crippen LogP contribution in [0.3, 0.4) is 0 Å². The normalized spacial score (nSPS) is 27.1. The number of guanidine groups is 1. The van der Waals surface area contributed by atoms with Crippen LogP contribution in [-0.2, 0) is 9.47 Å². The second kappa shape index (κ2) is 9.63. The van der Waals surface area contributed by atoms with E-state index in [9.17, 15) is 0 Å². The van der Waals surface area contributed by atoms with Crippen molar-refractivity contribution < 1.29 is 9.47 Å². The molecule has 128 valence electrons. The number of hydrogen-bond acceptors (Lipinski definition) is 4. The van der Waals surface area contributed by atoms with E-state index in [2.05, 4.69) is 34.3 Å². The second-order valence-electron chi connectivity index (χ2n) is 6.29. The molecule has 0 aromatic carbocycles. The zero-order valence-corrected chi connectivity index (χ0v) is 14.8. The number of thioether (sulfide) groups is 1. The van der Waals surface area contributed by atoms with Gasteiger partial charge < -0.3 is 20.1 Å². The van der Waals surface area contributed by atoms with Crippen LogP contribution in [0.2, 0.25) is 0 Å². The van der Waals surface area contributed by atoms with Crippen LogP contribution in [-0.4, -0.2) is 62.5 Å². The van der Waals surface area contributed by atoms with Gasteiger partial charge in [0.25, 0.3) is 0 Å². The van der Waals surface area contributed by atoms with Crippen LogP contribution in [0.15, 0.2) is 4.99 Å². The number of hydrogen-bond donors (Lipinski definition) is 2. The predicted molar refractivity (Wildman–Crippen MR) is 93.9 cm³/mol. The van der Waals surface area contributed by atoms with Crippen LogP contribution < -0.4 is 10.6 Å². The lowest BCUT2D eigenvalue weighted by atomic mass is 10.1. The molecule has 2 fully saturated rings. The van der Waals surface area contributed by atoms with Crippen molar-refractivity contribution in [2.45, 2.75) is 49.9 Å². The molecular formula is C16H31N3O2S. The van der Waals surface area contributed by atoms with Gasteiger partial charge in [0.15, 0.2) is 5.96 Å². The molecule has 1 atom stereocenters. The van der Waals surface area contributed by atoms with E-state index in [1.54, 1.807) is 0 Å². The van der Waals surface area contributed by atoms with Gasteiger partial charge in [-0.05, 0) is 44.8 Å². The van der Waals surface area contributed by atoms with Crippen molar-refractivity contribution in [2.24, 2.45) is 4.99 Å². The van der Waals surface area contributed by atoms with Crippen LogP contribution in [0.5, 0.6) is 0 Å². The molecule has 0 spiro atoms. The third-order valence-electron chi connectivity index (χ3n) is 4.29. The highest BCUT2D eigenvalue weighted by atomic mass is 32.2. The first-order valence-electron chi connectivity index (χ1n) is 8.50. The Labute approximate surface area is 139 Å². The van der Waals surface area contributed by atoms with E-state index in [1.807, 2.05) is 7.05 Å². The Morgan fingerprint density at radius 2 is 2.18 bits per heavy atom. The first-order valence-corrected chi connectivity index (χ1v) is 9.48. The van der Waals surface area contributed by atoms with Crippen molar-refractivity contribution in [3.63, 3.8) is 0 Å². The van der Waals surface area contributed by atoms with Crippen molar-refractivity contribution in [1.82, 2.24) is 10.6 Å². The lowest BCUT2D eigenvalue weighted by Crippen LogP contribution is -2.44. The maximum absolute atomic E-state index is 5.87. The van der Waals surface area contributed by atoms with Gasteiger partial charge in [0, 0.05) is 44.7 Å². The molecule has 6 heteroatoms. The first kappa shape index (κ1) is 17.9. The van der Waals surface area contributed by atoms with Gasteiger partial charge in [-0.3, -0.25) is 4.99 Å². The Morgan fingerprint density at radius 3 is 2.86 bits per heavy atom. The van der Waals surface area contributed by atoms with E-state index in [-0.39, 0.29) is 0 Å². The fourth-order valence-electron chi connectivity index (χ4n) is 2.84. The zero-order chi connectivity index (χ0) is 15.7. The van der Waals surface area contributed by atoms with Crippen LogP contribution in [0.25, 0.3) is 0 Å². The number of aliphatic imine (C=N–C) groups is 1. The van der Waals surface area contributed by atoms with E-state index < -0.39 is 0 Å². The summed E-state index contributed by atoms with van der Waals surface area (Å²) in [7, 11) is 1.83. The number of nitrogens with one attached hydrogen (secondary N) is 2. The van der Waals surface area contributed by atoms with Gasteiger partial charge in [0.2, 0.25) is 0 Å². The molecule has 2 saturated heterocycles. The van der Waals surface area contributed by atoms with Gasteiger partial charge >= 0.3 is 0 Å². The molecule has 2 aliphatic heterocycles. The predicted octanol–water partition coefficient (Wildman–Crippen LogP) is 2.02. The van der Waals surface area contributed by atoms with E-state index >= 15 is 0 Å². The van der Waals surface area contributed by atoms with Crippen molar-refractivity contribution >= 4 is 17.7 Å². The number of rotatable bonds is 7. The summed E-state index contributed by atoms with van der Waals surface area (Å²) in [6.45, 7) is 6.71. The highest BCUT2D eigenvalue weighted by molar-refractivity contribution is 8.00. The fraction of sp³-hybridized carbons (Fsp3) is 0.938. The van der Waals surface area contributed by atoms with Crippen molar-refractivity contribution in [1.29, 1.82) is 0 Å². The monoisotopic (exact) mass is 329 g/mol. The summed E-state index contributed by atoms with van der Waals surface area (Å²) < 4.78 is 11.6. The molecule has 2 rings (SSSR count). The highest BCUT2D eigenvalue weighted by Gasteiger charge is 2.29. The van der Waals surface area contributed by atoms with Crippen LogP contribution in [0, 0.1) is 0 Å². The Kier molecular flexibility index (Phi) is 7.83. The molecule has 0 saturated carbocycles. The minimum atomic E-state index is 0.365. The molecule has 0 amide bonds. The summed E-state index contributed by atoms with van der Waals surface area (Å²) in [5.41, 5.74) is 0. The molecule has 0 aliphatic carbocycles. The minimum Gasteiger partial charge on any atom is -0.381 e. The number of nitrogens with zero attached hydrogens (tertiary/aromatic N) is 1. The van der Waals surface area contributed by atoms with Crippen LogP contribution in [0.1, 0.15) is 39.0 Å². The lowest BCUT2D eigenvalue weighted by molar-refractivity contribution is -0.0320. The minimum absolute atomic E-state index is 0.365. The van der Waals surface area contributed by atoms with Crippen molar-refractivity contribution in [3.05, 3.63) is 0 Å². The average molecular weight is 330 g/mol. The first-order chi connectivity index (χ1) is 10.7. The van der Waals surface area contributed by atoms with Gasteiger partial charge in [-0.1, -0.05) is 0 Å². The molecule has 1 unspecified atom stereocenters. The Bertz CT molecular complexity index is 340. The van der Waals surface area contributed by atoms with Gasteiger partial charge in [0.1, 0.15) is 0 Å². The van der Waals surface area contributed by atoms with Gasteiger partial charge in [-0.15, -0.1) is 0 Å². The fourth-order valence-corrected chi connectivity index (χ4v) is 4.08. The van der Waals surface area contributed by atoms with E-state index in [0.717, 1.165) is 58.1 Å². The molecule has 0 bridgehead atoms. The maximum Gasteiger partial charge on any atom is 0.191 e. The third kappa shape index (κ3) is 6.34. The Hall–Kier alpha value is -0.460. The average Bonchev–Trinajstić information content (AvgIpc) is 2.98. The van der Waals surface area contributed by atoms with Crippen LogP contribution in [0.4, 0.5) is 0 Å². The van der Waals surface area contributed by atoms with Gasteiger partial charge in [-0.2, -0.15) is 11.8 Å². The van der Waals surface area contributed by atoms with Crippen molar-refractivity contribution in [2.75, 3.05) is 45.7 Å². The molecule has 0 aromatic heterocycles. The molecule has 2 heterocycles. The Balaban J connectivity index is 1.52. The summed E-state index contributed by atoms with van der Waals surface area (Å²) in [5.74, 6) is 2.19. The van der Waals surface area contributed by atoms with Crippen LogP contribution >= 0.6 is 11.8 Å². The molecule has 22 heavy (non-hydrogen) atoms. The second-order valence-corrected chi connectivity index (χ2v) is 7.97. The smallest absolute Gasteiger partial charge is 0.191 e. The summed E-state index contributed by atoms with van der Waals surface area (Å²) >= 11 is 2.07. The quantitative estimate of drug-likeness (QED) is 0.425. The topological polar surface area (TPSA) is 54.9 Å². The largest absolute Gasteiger partial charge is 0.381 e. The SMILES string of the molecule is CN=C(NCCCOC1CCOCC1)NCC1(C)CCCS1. The standard InChI is InChI=1S/C16H31N3O2S/c1-16(7-3-12-22-16)13-19-15(17-2)18-8-4-9-21-14-5-10-20-11-6-14/h14H,3-13H2,1-2H3,(H2,17,18,19). The summed E-state index contributed by atoms with van der Waals surface area (Å²) in [6, 6.07) is 0. The highest BCUT2D eigenvalue weighted by Crippen LogP contribution is 2.36. The van der Waals surface area contributed by atoms with Gasteiger partial charge in [0.05, 0.1) is 6.10 Å². The molecule has 5 nitrogen and oxygen atoms in total. The summed E-state index contributed by atoms with van der Waals surface area (Å²) in [6.07, 6.45) is 6.09. The third-order valence-corrected chi connectivity index (χ3v) is 5.83. The molecule has 0 aromatic rings. The van der Waals surface area contributed by atoms with Crippen molar-refractivity contribution in [3.8, 4) is 0 Å². The van der Waals surface area contributed by atoms with E-state index in [4.69, 9.17) is 9.47 Å². The van der Waals surface area contributed by atoms with E-state index in [0.29, 0.717) is 10.9 Å². The maximum atomic E-state index is 5.87. The summed E-state index contributed by atoms with van der Waals surface area (Å²) in [5, 5.41) is 6.83. The van der Waals surface area contributed by atoms with Gasteiger partial charge in [-0.25, -0.2) is 0 Å². The summed E-state index contributed by atoms with van der Waals surface area (Å²) in [4.78, 5) is 4.30. The lowest BCUT2D eigenvalue weighted by Gasteiger charge is -2.24. The van der Waals surface area contributed by atoms with E-state index in [1.165, 1.54) is 18.6 Å². The zero-order valence-electron chi connectivity index (χ0n) is 14.0. The molecule has 0 radical (unpaired) electrons. The molecule has 2 N–H and O–H groups in total. The molecular weight excluding hydrogens is 298 g/mol. The number of ether oxygens (including phenoxy) is 2. The Morgan fingerprint density at radius 1 is 1.36 bits per heavy atom.